The predicted octanol–water partition coefficient (Wildman–Crippen LogP) is 5.92. The zero-order valence-corrected chi connectivity index (χ0v) is 20.5. The molecule has 3 N–H and O–H groups in total. The number of piperazine rings is 1. The van der Waals surface area contributed by atoms with Gasteiger partial charge < -0.3 is 25.4 Å². The molecule has 1 fully saturated rings. The van der Waals surface area contributed by atoms with Crippen molar-refractivity contribution in [3.05, 3.63) is 58.1 Å². The fourth-order valence-corrected chi connectivity index (χ4v) is 4.29. The first-order valence-electron chi connectivity index (χ1n) is 11.0. The number of aromatic amines is 1. The van der Waals surface area contributed by atoms with Crippen LogP contribution in [0.5, 0.6) is 0 Å². The zero-order valence-electron chi connectivity index (χ0n) is 19.0. The lowest BCUT2D eigenvalue weighted by Gasteiger charge is -2.32. The molecule has 0 radical (unpaired) electrons. The van der Waals surface area contributed by atoms with Crippen LogP contribution < -0.4 is 15.5 Å². The molecule has 3 heterocycles. The van der Waals surface area contributed by atoms with Crippen molar-refractivity contribution in [3.8, 4) is 0 Å². The SMILES string of the molecule is CN1CCN(c2nc(Nc3ccc(C(F)(F)F)cc3)c3[nH]c(Nc4c(Cl)cccc4Cl)nc3n2)CC1. The lowest BCUT2D eigenvalue weighted by atomic mass is 10.2. The summed E-state index contributed by atoms with van der Waals surface area (Å²) in [5, 5.41) is 7.01. The number of fused-ring (bicyclic) bond motifs is 1. The van der Waals surface area contributed by atoms with Crippen LogP contribution in [-0.2, 0) is 6.18 Å². The molecule has 8 nitrogen and oxygen atoms in total. The van der Waals surface area contributed by atoms with Gasteiger partial charge in [0.15, 0.2) is 11.5 Å². The molecule has 0 amide bonds. The molecule has 0 saturated carbocycles. The van der Waals surface area contributed by atoms with Gasteiger partial charge in [0.1, 0.15) is 5.52 Å². The summed E-state index contributed by atoms with van der Waals surface area (Å²) in [6, 6.07) is 9.86. The first-order chi connectivity index (χ1) is 17.2. The van der Waals surface area contributed by atoms with Gasteiger partial charge in [-0.15, -0.1) is 0 Å². The minimum atomic E-state index is -4.42. The molecule has 5 rings (SSSR count). The molecular weight excluding hydrogens is 516 g/mol. The molecule has 0 bridgehead atoms. The Morgan fingerprint density at radius 1 is 0.889 bits per heavy atom. The third-order valence-electron chi connectivity index (χ3n) is 5.81. The van der Waals surface area contributed by atoms with Crippen molar-refractivity contribution in [3.63, 3.8) is 0 Å². The largest absolute Gasteiger partial charge is 0.416 e. The standard InChI is InChI=1S/C23H21Cl2F3N8/c1-35-9-11-36(12-10-35)22-33-19(29-14-7-5-13(6-8-14)23(26,27)28)18-20(34-22)32-21(31-18)30-17-15(24)3-2-4-16(17)25/h2-8H,9-12H2,1H3,(H3,29,30,31,32,33,34). The minimum Gasteiger partial charge on any atom is -0.338 e. The van der Waals surface area contributed by atoms with Gasteiger partial charge in [-0.05, 0) is 43.4 Å². The smallest absolute Gasteiger partial charge is 0.338 e. The number of likely N-dealkylation sites (N-methyl/N-ethyl adjacent to an activating group) is 1. The highest BCUT2D eigenvalue weighted by Crippen LogP contribution is 2.34. The summed E-state index contributed by atoms with van der Waals surface area (Å²) in [4.78, 5) is 21.3. The second-order valence-electron chi connectivity index (χ2n) is 8.37. The Hall–Kier alpha value is -3.28. The van der Waals surface area contributed by atoms with Crippen molar-refractivity contribution in [1.82, 2.24) is 24.8 Å². The Morgan fingerprint density at radius 3 is 2.19 bits per heavy atom. The summed E-state index contributed by atoms with van der Waals surface area (Å²) in [5.74, 6) is 1.18. The number of anilines is 5. The average Bonchev–Trinajstić information content (AvgIpc) is 3.25. The molecule has 2 aromatic carbocycles. The maximum Gasteiger partial charge on any atom is 0.416 e. The quantitative estimate of drug-likeness (QED) is 0.292. The highest BCUT2D eigenvalue weighted by Gasteiger charge is 2.30. The second-order valence-corrected chi connectivity index (χ2v) is 9.18. The van der Waals surface area contributed by atoms with E-state index in [1.165, 1.54) is 12.1 Å². The number of aromatic nitrogens is 4. The van der Waals surface area contributed by atoms with Gasteiger partial charge in [-0.2, -0.15) is 28.1 Å². The second kappa shape index (κ2) is 9.64. The molecule has 188 valence electrons. The van der Waals surface area contributed by atoms with Crippen LogP contribution in [0.2, 0.25) is 10.0 Å². The summed E-state index contributed by atoms with van der Waals surface area (Å²) in [6.07, 6.45) is -4.42. The number of H-pyrrole nitrogens is 1. The van der Waals surface area contributed by atoms with Gasteiger partial charge in [0, 0.05) is 31.9 Å². The van der Waals surface area contributed by atoms with Crippen LogP contribution in [0.1, 0.15) is 5.56 Å². The molecule has 0 atom stereocenters. The molecule has 0 spiro atoms. The van der Waals surface area contributed by atoms with E-state index in [0.29, 0.717) is 50.3 Å². The van der Waals surface area contributed by atoms with E-state index in [2.05, 4.69) is 35.5 Å². The van der Waals surface area contributed by atoms with E-state index in [4.69, 9.17) is 23.2 Å². The third kappa shape index (κ3) is 5.13. The lowest BCUT2D eigenvalue weighted by molar-refractivity contribution is -0.137. The number of nitrogens with one attached hydrogen (secondary N) is 3. The van der Waals surface area contributed by atoms with Crippen molar-refractivity contribution in [2.45, 2.75) is 6.18 Å². The fourth-order valence-electron chi connectivity index (χ4n) is 3.80. The predicted molar refractivity (Wildman–Crippen MR) is 136 cm³/mol. The van der Waals surface area contributed by atoms with Crippen LogP contribution in [0, 0.1) is 0 Å². The van der Waals surface area contributed by atoms with E-state index >= 15 is 0 Å². The summed E-state index contributed by atoms with van der Waals surface area (Å²) in [6.45, 7) is 3.15. The van der Waals surface area contributed by atoms with Crippen LogP contribution >= 0.6 is 23.2 Å². The molecule has 1 aliphatic rings. The highest BCUT2D eigenvalue weighted by atomic mass is 35.5. The Bertz CT molecular complexity index is 1360. The van der Waals surface area contributed by atoms with Crippen molar-refractivity contribution in [2.24, 2.45) is 0 Å². The Morgan fingerprint density at radius 2 is 1.56 bits per heavy atom. The molecule has 0 aliphatic carbocycles. The summed E-state index contributed by atoms with van der Waals surface area (Å²) in [7, 11) is 2.05. The minimum absolute atomic E-state index is 0.334. The molecule has 36 heavy (non-hydrogen) atoms. The van der Waals surface area contributed by atoms with Gasteiger partial charge in [-0.3, -0.25) is 0 Å². The van der Waals surface area contributed by atoms with Crippen LogP contribution in [0.15, 0.2) is 42.5 Å². The fraction of sp³-hybridized carbons (Fsp3) is 0.261. The number of rotatable bonds is 5. The first kappa shape index (κ1) is 24.4. The van der Waals surface area contributed by atoms with Crippen LogP contribution in [-0.4, -0.2) is 58.1 Å². The van der Waals surface area contributed by atoms with Crippen LogP contribution in [0.25, 0.3) is 11.2 Å². The molecule has 1 saturated heterocycles. The van der Waals surface area contributed by atoms with E-state index in [1.54, 1.807) is 18.2 Å². The van der Waals surface area contributed by atoms with Gasteiger partial charge in [-0.25, -0.2) is 0 Å². The molecule has 13 heteroatoms. The van der Waals surface area contributed by atoms with Crippen molar-refractivity contribution >= 4 is 63.5 Å². The van der Waals surface area contributed by atoms with Crippen molar-refractivity contribution < 1.29 is 13.2 Å². The zero-order chi connectivity index (χ0) is 25.4. The van der Waals surface area contributed by atoms with Crippen LogP contribution in [0.4, 0.5) is 42.3 Å². The normalized spacial score (nSPS) is 14.9. The summed E-state index contributed by atoms with van der Waals surface area (Å²) < 4.78 is 39.0. The Kier molecular flexibility index (Phi) is 6.54. The molecule has 1 aliphatic heterocycles. The number of para-hydroxylation sites is 1. The number of hydrogen-bond donors (Lipinski definition) is 3. The monoisotopic (exact) mass is 536 g/mol. The summed E-state index contributed by atoms with van der Waals surface area (Å²) >= 11 is 12.6. The van der Waals surface area contributed by atoms with Gasteiger partial charge in [0.25, 0.3) is 0 Å². The van der Waals surface area contributed by atoms with Crippen molar-refractivity contribution in [1.29, 1.82) is 0 Å². The topological polar surface area (TPSA) is 85.0 Å². The molecule has 0 unspecified atom stereocenters. The maximum atomic E-state index is 13.0. The van der Waals surface area contributed by atoms with E-state index in [9.17, 15) is 13.2 Å². The summed E-state index contributed by atoms with van der Waals surface area (Å²) in [5.41, 5.74) is 1.02. The first-order valence-corrected chi connectivity index (χ1v) is 11.8. The number of alkyl halides is 3. The Balaban J connectivity index is 1.53. The molecule has 2 aromatic heterocycles. The van der Waals surface area contributed by atoms with Crippen molar-refractivity contribution in [2.75, 3.05) is 48.8 Å². The average molecular weight is 537 g/mol. The highest BCUT2D eigenvalue weighted by molar-refractivity contribution is 6.39. The Labute approximate surface area is 214 Å². The molecular formula is C23H21Cl2F3N8. The van der Waals surface area contributed by atoms with E-state index < -0.39 is 11.7 Å². The number of halogens is 5. The van der Waals surface area contributed by atoms with Crippen LogP contribution in [0.3, 0.4) is 0 Å². The lowest BCUT2D eigenvalue weighted by Crippen LogP contribution is -2.45. The molecule has 4 aromatic rings. The van der Waals surface area contributed by atoms with Gasteiger partial charge in [-0.1, -0.05) is 29.3 Å². The third-order valence-corrected chi connectivity index (χ3v) is 6.44. The number of imidazole rings is 1. The van der Waals surface area contributed by atoms with Gasteiger partial charge >= 0.3 is 6.18 Å². The maximum absolute atomic E-state index is 13.0. The van der Waals surface area contributed by atoms with E-state index in [0.717, 1.165) is 38.3 Å². The number of benzene rings is 2. The number of hydrogen-bond acceptors (Lipinski definition) is 7. The van der Waals surface area contributed by atoms with Gasteiger partial charge in [0.2, 0.25) is 11.9 Å². The van der Waals surface area contributed by atoms with Gasteiger partial charge in [0.05, 0.1) is 21.3 Å². The number of nitrogens with zero attached hydrogens (tertiary/aromatic N) is 5. The van der Waals surface area contributed by atoms with E-state index in [1.807, 2.05) is 11.9 Å². The van der Waals surface area contributed by atoms with E-state index in [-0.39, 0.29) is 0 Å².